The number of ether oxygens (including phenoxy) is 2. The second-order valence-electron chi connectivity index (χ2n) is 6.86. The number of hydrogen-bond donors (Lipinski definition) is 0. The van der Waals surface area contributed by atoms with Gasteiger partial charge in [-0.3, -0.25) is 4.79 Å². The lowest BCUT2D eigenvalue weighted by molar-refractivity contribution is -0.136. The molecule has 0 bridgehead atoms. The standard InChI is InChI=1S/C21H22FN3O4/c1-15(16-2-7-19-20(12-16)28-14-27-19)23-29-13-21(26)25-10-8-24(9-11-25)18-5-3-17(22)4-6-18/h2-7,12H,8-11,13-14H2,1H3/b23-15-. The highest BCUT2D eigenvalue weighted by atomic mass is 19.1. The van der Waals surface area contributed by atoms with Gasteiger partial charge >= 0.3 is 0 Å². The minimum Gasteiger partial charge on any atom is -0.454 e. The van der Waals surface area contributed by atoms with Crippen LogP contribution in [0.15, 0.2) is 47.6 Å². The summed E-state index contributed by atoms with van der Waals surface area (Å²) in [5, 5.41) is 4.05. The average Bonchev–Trinajstić information content (AvgIpc) is 3.22. The van der Waals surface area contributed by atoms with E-state index in [4.69, 9.17) is 14.3 Å². The van der Waals surface area contributed by atoms with E-state index in [0.29, 0.717) is 43.4 Å². The molecule has 0 radical (unpaired) electrons. The van der Waals surface area contributed by atoms with Gasteiger partial charge in [-0.2, -0.15) is 0 Å². The van der Waals surface area contributed by atoms with E-state index in [-0.39, 0.29) is 25.1 Å². The fraction of sp³-hybridized carbons (Fsp3) is 0.333. The van der Waals surface area contributed by atoms with Crippen LogP contribution in [0, 0.1) is 5.82 Å². The van der Waals surface area contributed by atoms with Crippen molar-refractivity contribution in [1.29, 1.82) is 0 Å². The third-order valence-corrected chi connectivity index (χ3v) is 5.00. The molecule has 0 saturated carbocycles. The van der Waals surface area contributed by atoms with Crippen LogP contribution in [-0.4, -0.2) is 56.1 Å². The van der Waals surface area contributed by atoms with Crippen LogP contribution in [-0.2, 0) is 9.63 Å². The Labute approximate surface area is 168 Å². The maximum Gasteiger partial charge on any atom is 0.263 e. The number of piperazine rings is 1. The first kappa shape index (κ1) is 19.0. The van der Waals surface area contributed by atoms with Crippen LogP contribution in [0.25, 0.3) is 0 Å². The van der Waals surface area contributed by atoms with Gasteiger partial charge in [0.25, 0.3) is 5.91 Å². The molecular weight excluding hydrogens is 377 g/mol. The van der Waals surface area contributed by atoms with Crippen LogP contribution in [0.1, 0.15) is 12.5 Å². The van der Waals surface area contributed by atoms with Crippen molar-refractivity contribution < 1.29 is 23.5 Å². The van der Waals surface area contributed by atoms with Crippen LogP contribution < -0.4 is 14.4 Å². The summed E-state index contributed by atoms with van der Waals surface area (Å²) >= 11 is 0. The molecular formula is C21H22FN3O4. The molecule has 1 amide bonds. The maximum atomic E-state index is 13.1. The van der Waals surface area contributed by atoms with E-state index in [1.807, 2.05) is 25.1 Å². The van der Waals surface area contributed by atoms with Gasteiger partial charge in [-0.25, -0.2) is 4.39 Å². The van der Waals surface area contributed by atoms with E-state index in [1.54, 1.807) is 17.0 Å². The Bertz CT molecular complexity index is 909. The Morgan fingerprint density at radius 1 is 1.07 bits per heavy atom. The van der Waals surface area contributed by atoms with Crippen molar-refractivity contribution in [1.82, 2.24) is 4.90 Å². The van der Waals surface area contributed by atoms with Crippen molar-refractivity contribution >= 4 is 17.3 Å². The Morgan fingerprint density at radius 3 is 2.55 bits per heavy atom. The molecule has 7 nitrogen and oxygen atoms in total. The average molecular weight is 399 g/mol. The molecule has 2 aromatic carbocycles. The lowest BCUT2D eigenvalue weighted by Gasteiger charge is -2.35. The lowest BCUT2D eigenvalue weighted by Crippen LogP contribution is -2.49. The van der Waals surface area contributed by atoms with Gasteiger partial charge < -0.3 is 24.1 Å². The van der Waals surface area contributed by atoms with E-state index in [9.17, 15) is 9.18 Å². The molecule has 0 spiro atoms. The number of anilines is 1. The van der Waals surface area contributed by atoms with Gasteiger partial charge in [0, 0.05) is 37.4 Å². The Balaban J connectivity index is 1.26. The molecule has 1 fully saturated rings. The lowest BCUT2D eigenvalue weighted by atomic mass is 10.1. The normalized spacial score (nSPS) is 16.1. The molecule has 2 aliphatic heterocycles. The monoisotopic (exact) mass is 399 g/mol. The minimum absolute atomic E-state index is 0.106. The highest BCUT2D eigenvalue weighted by Gasteiger charge is 2.22. The number of rotatable bonds is 5. The van der Waals surface area contributed by atoms with Crippen LogP contribution in [0.5, 0.6) is 11.5 Å². The topological polar surface area (TPSA) is 63.6 Å². The SMILES string of the molecule is C/C(=N/OCC(=O)N1CCN(c2ccc(F)cc2)CC1)c1ccc2c(c1)OCO2. The number of fused-ring (bicyclic) bond motifs is 1. The van der Waals surface area contributed by atoms with Gasteiger partial charge in [-0.1, -0.05) is 5.16 Å². The number of nitrogens with zero attached hydrogens (tertiary/aromatic N) is 3. The number of carbonyl (C=O) groups is 1. The maximum absolute atomic E-state index is 13.1. The zero-order valence-electron chi connectivity index (χ0n) is 16.1. The van der Waals surface area contributed by atoms with Crippen molar-refractivity contribution in [3.8, 4) is 11.5 Å². The van der Waals surface area contributed by atoms with Crippen LogP contribution >= 0.6 is 0 Å². The minimum atomic E-state index is -0.253. The van der Waals surface area contributed by atoms with Crippen LogP contribution in [0.4, 0.5) is 10.1 Å². The van der Waals surface area contributed by atoms with Gasteiger partial charge in [-0.05, 0) is 49.4 Å². The van der Waals surface area contributed by atoms with E-state index in [2.05, 4.69) is 10.1 Å². The van der Waals surface area contributed by atoms with Crippen LogP contribution in [0.3, 0.4) is 0 Å². The fourth-order valence-corrected chi connectivity index (χ4v) is 3.32. The summed E-state index contributed by atoms with van der Waals surface area (Å²) in [6.45, 7) is 4.47. The quantitative estimate of drug-likeness (QED) is 0.571. The molecule has 0 unspecified atom stereocenters. The van der Waals surface area contributed by atoms with Gasteiger partial charge in [0.1, 0.15) is 5.82 Å². The first-order valence-corrected chi connectivity index (χ1v) is 9.45. The van der Waals surface area contributed by atoms with Crippen molar-refractivity contribution in [2.45, 2.75) is 6.92 Å². The molecule has 0 N–H and O–H groups in total. The van der Waals surface area contributed by atoms with Crippen LogP contribution in [0.2, 0.25) is 0 Å². The highest BCUT2D eigenvalue weighted by molar-refractivity contribution is 5.99. The van der Waals surface area contributed by atoms with Crippen molar-refractivity contribution in [3.05, 3.63) is 53.8 Å². The Morgan fingerprint density at radius 2 is 1.79 bits per heavy atom. The van der Waals surface area contributed by atoms with E-state index >= 15 is 0 Å². The number of oxime groups is 1. The molecule has 2 aliphatic rings. The van der Waals surface area contributed by atoms with E-state index < -0.39 is 0 Å². The van der Waals surface area contributed by atoms with E-state index in [1.165, 1.54) is 12.1 Å². The fourth-order valence-electron chi connectivity index (χ4n) is 3.32. The first-order valence-electron chi connectivity index (χ1n) is 9.45. The first-order chi connectivity index (χ1) is 14.1. The summed E-state index contributed by atoms with van der Waals surface area (Å²) in [5.74, 6) is 1.02. The number of carbonyl (C=O) groups excluding carboxylic acids is 1. The molecule has 0 aliphatic carbocycles. The summed E-state index contributed by atoms with van der Waals surface area (Å²) < 4.78 is 23.7. The molecule has 0 aromatic heterocycles. The number of halogens is 1. The number of amides is 1. The Kier molecular flexibility index (Phi) is 5.50. The molecule has 1 saturated heterocycles. The summed E-state index contributed by atoms with van der Waals surface area (Å²) in [7, 11) is 0. The predicted octanol–water partition coefficient (Wildman–Crippen LogP) is 2.64. The zero-order valence-corrected chi connectivity index (χ0v) is 16.1. The summed E-state index contributed by atoms with van der Waals surface area (Å²) in [5.41, 5.74) is 2.45. The van der Waals surface area contributed by atoms with Gasteiger partial charge in [-0.15, -0.1) is 0 Å². The second-order valence-corrected chi connectivity index (χ2v) is 6.86. The van der Waals surface area contributed by atoms with Crippen molar-refractivity contribution in [2.75, 3.05) is 44.5 Å². The number of hydrogen-bond acceptors (Lipinski definition) is 6. The largest absolute Gasteiger partial charge is 0.454 e. The second kappa shape index (κ2) is 8.38. The summed E-state index contributed by atoms with van der Waals surface area (Å²) in [6, 6.07) is 11.9. The number of benzene rings is 2. The zero-order chi connectivity index (χ0) is 20.2. The summed E-state index contributed by atoms with van der Waals surface area (Å²) in [4.78, 5) is 21.5. The smallest absolute Gasteiger partial charge is 0.263 e. The van der Waals surface area contributed by atoms with E-state index in [0.717, 1.165) is 11.3 Å². The van der Waals surface area contributed by atoms with Gasteiger partial charge in [0.05, 0.1) is 5.71 Å². The third-order valence-electron chi connectivity index (χ3n) is 5.00. The summed E-state index contributed by atoms with van der Waals surface area (Å²) in [6.07, 6.45) is 0. The van der Waals surface area contributed by atoms with Crippen molar-refractivity contribution in [3.63, 3.8) is 0 Å². The molecule has 152 valence electrons. The third kappa shape index (κ3) is 4.42. The van der Waals surface area contributed by atoms with Gasteiger partial charge in [0.15, 0.2) is 18.1 Å². The van der Waals surface area contributed by atoms with Crippen molar-refractivity contribution in [2.24, 2.45) is 5.16 Å². The Hall–Kier alpha value is -3.29. The molecule has 29 heavy (non-hydrogen) atoms. The predicted molar refractivity (Wildman–Crippen MR) is 106 cm³/mol. The molecule has 2 aromatic rings. The molecule has 2 heterocycles. The molecule has 8 heteroatoms. The van der Waals surface area contributed by atoms with Gasteiger partial charge in [0.2, 0.25) is 6.79 Å². The molecule has 0 atom stereocenters. The molecule has 4 rings (SSSR count). The highest BCUT2D eigenvalue weighted by Crippen LogP contribution is 2.32.